The first-order valence-electron chi connectivity index (χ1n) is 8.77. The van der Waals surface area contributed by atoms with Crippen LogP contribution >= 0.6 is 0 Å². The number of carbonyl (C=O) groups is 1. The number of amides is 1. The molecule has 8 heteroatoms. The normalized spacial score (nSPS) is 16.2. The number of methoxy groups -OCH3 is 1. The maximum atomic E-state index is 12.9. The molecule has 0 spiro atoms. The summed E-state index contributed by atoms with van der Waals surface area (Å²) in [6, 6.07) is 12.4. The lowest BCUT2D eigenvalue weighted by atomic mass is 9.86. The molecule has 0 radical (unpaired) electrons. The minimum atomic E-state index is -0.505. The van der Waals surface area contributed by atoms with Gasteiger partial charge in [0, 0.05) is 12.3 Å². The molecule has 2 aromatic heterocycles. The second kappa shape index (κ2) is 5.85. The Morgan fingerprint density at radius 1 is 1.21 bits per heavy atom. The van der Waals surface area contributed by atoms with Crippen LogP contribution in [0.25, 0.3) is 16.8 Å². The predicted octanol–water partition coefficient (Wildman–Crippen LogP) is 2.36. The number of H-pyrrole nitrogens is 1. The maximum absolute atomic E-state index is 12.9. The van der Waals surface area contributed by atoms with E-state index in [9.17, 15) is 14.7 Å². The summed E-state index contributed by atoms with van der Waals surface area (Å²) < 4.78 is 6.84. The maximum Gasteiger partial charge on any atom is 0.258 e. The highest BCUT2D eigenvalue weighted by molar-refractivity contribution is 5.96. The zero-order valence-corrected chi connectivity index (χ0v) is 14.9. The van der Waals surface area contributed by atoms with Gasteiger partial charge < -0.3 is 15.2 Å². The Labute approximate surface area is 158 Å². The number of benzene rings is 2. The van der Waals surface area contributed by atoms with E-state index in [4.69, 9.17) is 4.74 Å². The van der Waals surface area contributed by atoms with Crippen molar-refractivity contribution in [2.45, 2.75) is 12.3 Å². The highest BCUT2D eigenvalue weighted by Gasteiger charge is 2.32. The highest BCUT2D eigenvalue weighted by atomic mass is 16.5. The number of nitrogens with zero attached hydrogens (tertiary/aromatic N) is 2. The van der Waals surface area contributed by atoms with Gasteiger partial charge in [-0.2, -0.15) is 0 Å². The van der Waals surface area contributed by atoms with Crippen LogP contribution in [0.4, 0.5) is 5.82 Å². The molecular formula is C20H16N4O4. The van der Waals surface area contributed by atoms with Crippen molar-refractivity contribution in [1.29, 1.82) is 0 Å². The highest BCUT2D eigenvalue weighted by Crippen LogP contribution is 2.38. The molecule has 140 valence electrons. The lowest BCUT2D eigenvalue weighted by Gasteiger charge is -2.26. The number of fused-ring (bicyclic) bond motifs is 5. The van der Waals surface area contributed by atoms with Gasteiger partial charge in [-0.05, 0) is 29.8 Å². The molecule has 1 aliphatic rings. The first kappa shape index (κ1) is 16.4. The molecule has 3 heterocycles. The van der Waals surface area contributed by atoms with E-state index in [0.717, 1.165) is 5.52 Å². The van der Waals surface area contributed by atoms with Gasteiger partial charge in [0.2, 0.25) is 11.7 Å². The van der Waals surface area contributed by atoms with E-state index in [1.165, 1.54) is 13.2 Å². The molecule has 0 saturated heterocycles. The second-order valence-electron chi connectivity index (χ2n) is 6.71. The van der Waals surface area contributed by atoms with Crippen LogP contribution in [0.3, 0.4) is 0 Å². The molecule has 4 aromatic rings. The summed E-state index contributed by atoms with van der Waals surface area (Å²) in [7, 11) is 1.46. The van der Waals surface area contributed by atoms with Gasteiger partial charge in [0.1, 0.15) is 5.82 Å². The zero-order valence-electron chi connectivity index (χ0n) is 14.9. The predicted molar refractivity (Wildman–Crippen MR) is 103 cm³/mol. The van der Waals surface area contributed by atoms with Crippen LogP contribution < -0.4 is 15.6 Å². The topological polar surface area (TPSA) is 109 Å². The zero-order chi connectivity index (χ0) is 19.4. The summed E-state index contributed by atoms with van der Waals surface area (Å²) in [5.74, 6) is 0.340. The molecule has 0 fully saturated rings. The van der Waals surface area contributed by atoms with Crippen molar-refractivity contribution in [2.75, 3.05) is 12.4 Å². The summed E-state index contributed by atoms with van der Waals surface area (Å²) >= 11 is 0. The average molecular weight is 376 g/mol. The van der Waals surface area contributed by atoms with Gasteiger partial charge in [-0.25, -0.2) is 4.98 Å². The molecule has 3 N–H and O–H groups in total. The van der Waals surface area contributed by atoms with Crippen LogP contribution in [-0.2, 0) is 4.79 Å². The van der Waals surface area contributed by atoms with Gasteiger partial charge in [-0.1, -0.05) is 18.2 Å². The third-order valence-corrected chi connectivity index (χ3v) is 5.11. The number of imidazole rings is 1. The molecule has 1 amide bonds. The third kappa shape index (κ3) is 2.27. The van der Waals surface area contributed by atoms with Crippen molar-refractivity contribution in [2.24, 2.45) is 0 Å². The molecule has 0 saturated carbocycles. The van der Waals surface area contributed by atoms with Crippen LogP contribution in [0.5, 0.6) is 11.5 Å². The minimum absolute atomic E-state index is 0.0434. The molecular weight excluding hydrogens is 360 g/mol. The average Bonchev–Trinajstić information content (AvgIpc) is 3.05. The summed E-state index contributed by atoms with van der Waals surface area (Å²) in [6.07, 6.45) is 0.0972. The number of aromatic hydroxyl groups is 1. The Kier molecular flexibility index (Phi) is 3.42. The number of rotatable bonds is 2. The summed E-state index contributed by atoms with van der Waals surface area (Å²) in [6.45, 7) is 0. The van der Waals surface area contributed by atoms with Crippen molar-refractivity contribution in [3.8, 4) is 11.5 Å². The van der Waals surface area contributed by atoms with Crippen molar-refractivity contribution in [1.82, 2.24) is 14.4 Å². The second-order valence-corrected chi connectivity index (χ2v) is 6.71. The Bertz CT molecular complexity index is 1320. The van der Waals surface area contributed by atoms with Gasteiger partial charge in [0.05, 0.1) is 23.7 Å². The smallest absolute Gasteiger partial charge is 0.258 e. The fraction of sp³-hybridized carbons (Fsp3) is 0.150. The van der Waals surface area contributed by atoms with Crippen molar-refractivity contribution < 1.29 is 14.6 Å². The van der Waals surface area contributed by atoms with E-state index >= 15 is 0 Å². The number of aromatic nitrogens is 3. The van der Waals surface area contributed by atoms with Crippen molar-refractivity contribution >= 4 is 28.5 Å². The number of carbonyl (C=O) groups excluding carboxylic acids is 1. The summed E-state index contributed by atoms with van der Waals surface area (Å²) in [5.41, 5.74) is 2.26. The van der Waals surface area contributed by atoms with Gasteiger partial charge in [0.15, 0.2) is 11.5 Å². The number of ether oxygens (including phenoxy) is 1. The van der Waals surface area contributed by atoms with Crippen molar-refractivity contribution in [3.63, 3.8) is 0 Å². The monoisotopic (exact) mass is 376 g/mol. The molecule has 2 aromatic carbocycles. The number of hydrogen-bond donors (Lipinski definition) is 3. The van der Waals surface area contributed by atoms with E-state index in [-0.39, 0.29) is 23.6 Å². The largest absolute Gasteiger partial charge is 0.504 e. The van der Waals surface area contributed by atoms with Crippen LogP contribution in [0.2, 0.25) is 0 Å². The number of para-hydroxylation sites is 2. The van der Waals surface area contributed by atoms with Gasteiger partial charge in [0.25, 0.3) is 5.56 Å². The summed E-state index contributed by atoms with van der Waals surface area (Å²) in [5, 5.41) is 13.0. The molecule has 8 nitrogen and oxygen atoms in total. The molecule has 5 rings (SSSR count). The lowest BCUT2D eigenvalue weighted by molar-refractivity contribution is -0.116. The van der Waals surface area contributed by atoms with Gasteiger partial charge in [-0.15, -0.1) is 0 Å². The Balaban J connectivity index is 1.81. The number of nitrogens with one attached hydrogen (secondary N) is 2. The fourth-order valence-corrected chi connectivity index (χ4v) is 3.86. The minimum Gasteiger partial charge on any atom is -0.504 e. The quantitative estimate of drug-likeness (QED) is 0.498. The van der Waals surface area contributed by atoms with E-state index in [1.54, 1.807) is 16.5 Å². The Hall–Kier alpha value is -3.81. The number of phenols is 1. The first-order chi connectivity index (χ1) is 13.6. The lowest BCUT2D eigenvalue weighted by Crippen LogP contribution is -2.32. The van der Waals surface area contributed by atoms with E-state index in [2.05, 4.69) is 15.3 Å². The Morgan fingerprint density at radius 3 is 2.82 bits per heavy atom. The molecule has 0 aliphatic carbocycles. The fourth-order valence-electron chi connectivity index (χ4n) is 3.86. The van der Waals surface area contributed by atoms with E-state index in [0.29, 0.717) is 34.0 Å². The number of anilines is 1. The van der Waals surface area contributed by atoms with Crippen LogP contribution in [0, 0.1) is 0 Å². The van der Waals surface area contributed by atoms with Crippen molar-refractivity contribution in [3.05, 3.63) is 63.9 Å². The molecule has 1 atom stereocenters. The Morgan fingerprint density at radius 2 is 2.04 bits per heavy atom. The van der Waals surface area contributed by atoms with E-state index < -0.39 is 5.92 Å². The van der Waals surface area contributed by atoms with Crippen LogP contribution in [-0.4, -0.2) is 32.5 Å². The molecule has 1 aliphatic heterocycles. The number of aromatic amines is 1. The SMILES string of the molecule is COc1ccc([C@H]2CC(=O)Nc3c2c(=O)[nH]c2nc4ccccc4n32)cc1O. The third-order valence-electron chi connectivity index (χ3n) is 5.11. The molecule has 0 bridgehead atoms. The number of phenolic OH excluding ortho intramolecular Hbond substituents is 1. The number of hydrogen-bond acceptors (Lipinski definition) is 5. The standard InChI is InChI=1S/C20H16N4O4/c1-28-15-7-6-10(8-14(15)25)11-9-16(26)22-18-17(11)19(27)23-20-21-12-4-2-3-5-13(12)24(18)20/h2-8,11,25H,9H2,1H3,(H,22,26)(H,21,23,27)/t11-/m1/s1. The summed E-state index contributed by atoms with van der Waals surface area (Å²) in [4.78, 5) is 32.7. The first-order valence-corrected chi connectivity index (χ1v) is 8.77. The van der Waals surface area contributed by atoms with Crippen LogP contribution in [0.1, 0.15) is 23.5 Å². The van der Waals surface area contributed by atoms with E-state index in [1.807, 2.05) is 24.3 Å². The molecule has 0 unspecified atom stereocenters. The van der Waals surface area contributed by atoms with Gasteiger partial charge >= 0.3 is 0 Å². The van der Waals surface area contributed by atoms with Crippen LogP contribution in [0.15, 0.2) is 47.3 Å². The van der Waals surface area contributed by atoms with Gasteiger partial charge in [-0.3, -0.25) is 19.0 Å². The molecule has 28 heavy (non-hydrogen) atoms.